The number of benzene rings is 1. The second-order valence-corrected chi connectivity index (χ2v) is 9.73. The molecule has 4 heterocycles. The minimum Gasteiger partial charge on any atom is -0.395 e. The predicted molar refractivity (Wildman–Crippen MR) is 137 cm³/mol. The molecule has 0 spiro atoms. The number of carbonyl (C=O) groups excluding carboxylic acids is 2. The Labute approximate surface area is 218 Å². The number of ether oxygens (including phenoxy) is 1. The van der Waals surface area contributed by atoms with Crippen LogP contribution in [0.15, 0.2) is 48.8 Å². The molecule has 2 N–H and O–H groups in total. The van der Waals surface area contributed by atoms with Crippen LogP contribution in [0.5, 0.6) is 0 Å². The summed E-state index contributed by atoms with van der Waals surface area (Å²) in [5, 5.41) is 12.3. The lowest BCUT2D eigenvalue weighted by Crippen LogP contribution is -2.48. The molecule has 10 heteroatoms. The molecular weight excluding hydrogens is 494 g/mol. The molecule has 2 aromatic heterocycles. The summed E-state index contributed by atoms with van der Waals surface area (Å²) in [5.74, 6) is -3.58. The number of rotatable bonds is 6. The van der Waals surface area contributed by atoms with Gasteiger partial charge in [-0.05, 0) is 60.4 Å². The second-order valence-electron chi connectivity index (χ2n) is 9.73. The smallest absolute Gasteiger partial charge is 0.286 e. The second kappa shape index (κ2) is 10.2. The number of fused-ring (bicyclic) bond motifs is 3. The van der Waals surface area contributed by atoms with E-state index in [0.717, 1.165) is 35.2 Å². The average molecular weight is 523 g/mol. The Morgan fingerprint density at radius 2 is 2.03 bits per heavy atom. The van der Waals surface area contributed by atoms with Gasteiger partial charge in [0.05, 0.1) is 25.7 Å². The third-order valence-electron chi connectivity index (χ3n) is 7.09. The van der Waals surface area contributed by atoms with Crippen LogP contribution in [0, 0.1) is 12.8 Å². The summed E-state index contributed by atoms with van der Waals surface area (Å²) in [5.41, 5.74) is 3.63. The van der Waals surface area contributed by atoms with Crippen molar-refractivity contribution < 1.29 is 28.2 Å². The number of anilines is 2. The number of carbonyl (C=O) groups is 2. The Morgan fingerprint density at radius 1 is 1.21 bits per heavy atom. The van der Waals surface area contributed by atoms with Crippen LogP contribution in [0.3, 0.4) is 0 Å². The van der Waals surface area contributed by atoms with E-state index in [2.05, 4.69) is 15.3 Å². The molecule has 2 aliphatic rings. The van der Waals surface area contributed by atoms with E-state index in [1.165, 1.54) is 17.2 Å². The fourth-order valence-electron chi connectivity index (χ4n) is 5.12. The van der Waals surface area contributed by atoms with E-state index in [0.29, 0.717) is 31.1 Å². The Hall–Kier alpha value is -3.76. The first-order chi connectivity index (χ1) is 18.2. The molecule has 2 amide bonds. The number of aliphatic hydroxyl groups excluding tert-OH is 1. The van der Waals surface area contributed by atoms with Crippen molar-refractivity contribution in [3.05, 3.63) is 71.2 Å². The van der Waals surface area contributed by atoms with E-state index >= 15 is 0 Å². The van der Waals surface area contributed by atoms with Crippen molar-refractivity contribution in [2.45, 2.75) is 32.1 Å². The molecule has 1 fully saturated rings. The molecule has 0 aliphatic carbocycles. The first kappa shape index (κ1) is 25.9. The highest BCUT2D eigenvalue weighted by Gasteiger charge is 2.42. The molecule has 8 nitrogen and oxygen atoms in total. The van der Waals surface area contributed by atoms with Gasteiger partial charge in [-0.25, -0.2) is 4.98 Å². The number of pyridine rings is 2. The van der Waals surface area contributed by atoms with Crippen LogP contribution in [-0.2, 0) is 15.5 Å². The van der Waals surface area contributed by atoms with Gasteiger partial charge in [-0.2, -0.15) is 8.78 Å². The fraction of sp³-hybridized carbons (Fsp3) is 0.357. The average Bonchev–Trinajstić information content (AvgIpc) is 2.91. The van der Waals surface area contributed by atoms with E-state index in [-0.39, 0.29) is 36.5 Å². The van der Waals surface area contributed by atoms with Gasteiger partial charge in [-0.3, -0.25) is 19.5 Å². The monoisotopic (exact) mass is 522 g/mol. The Morgan fingerprint density at radius 3 is 2.79 bits per heavy atom. The molecule has 0 bridgehead atoms. The Bertz CT molecular complexity index is 1390. The van der Waals surface area contributed by atoms with E-state index < -0.39 is 17.5 Å². The number of nitrogens with one attached hydrogen (secondary N) is 1. The quantitative estimate of drug-likeness (QED) is 0.501. The van der Waals surface area contributed by atoms with E-state index in [9.17, 15) is 23.5 Å². The van der Waals surface area contributed by atoms with Crippen LogP contribution in [0.2, 0.25) is 0 Å². The summed E-state index contributed by atoms with van der Waals surface area (Å²) >= 11 is 0. The standard InChI is InChI=1S/C28H28F2N4O4/c1-16-3-4-19(33-26(36)17-5-7-31-24(12-17)28(2,29)30)13-21(16)18-11-22-20-6-10-38-15-23(20)27(37)34(8-9-35)25(22)32-14-18/h3-5,7,11-14,20,23,35H,6,8-10,15H2,1-2H3,(H,33,36)/t20-,23+/m0/s1. The maximum atomic E-state index is 13.7. The SMILES string of the molecule is Cc1ccc(NC(=O)c2ccnc(C(C)(F)F)c2)cc1-c1cnc2c(c1)[C@@H]1CCOC[C@H]1C(=O)N2CCO. The molecule has 3 aromatic rings. The van der Waals surface area contributed by atoms with Gasteiger partial charge in [-0.15, -0.1) is 0 Å². The number of hydrogen-bond acceptors (Lipinski definition) is 6. The molecule has 198 valence electrons. The highest BCUT2D eigenvalue weighted by Crippen LogP contribution is 2.44. The number of alkyl halides is 2. The zero-order valence-electron chi connectivity index (χ0n) is 21.1. The highest BCUT2D eigenvalue weighted by molar-refractivity contribution is 6.04. The lowest BCUT2D eigenvalue weighted by atomic mass is 9.78. The molecule has 0 radical (unpaired) electrons. The molecule has 1 aromatic carbocycles. The first-order valence-corrected chi connectivity index (χ1v) is 12.4. The van der Waals surface area contributed by atoms with Gasteiger partial charge in [0.15, 0.2) is 0 Å². The summed E-state index contributed by atoms with van der Waals surface area (Å²) in [4.78, 5) is 35.7. The van der Waals surface area contributed by atoms with Crippen LogP contribution in [0.1, 0.15) is 46.4 Å². The van der Waals surface area contributed by atoms with Crippen molar-refractivity contribution in [2.24, 2.45) is 5.92 Å². The topological polar surface area (TPSA) is 105 Å². The minimum absolute atomic E-state index is 0.0329. The summed E-state index contributed by atoms with van der Waals surface area (Å²) in [6.07, 6.45) is 3.57. The van der Waals surface area contributed by atoms with Crippen molar-refractivity contribution in [2.75, 3.05) is 36.6 Å². The highest BCUT2D eigenvalue weighted by atomic mass is 19.3. The summed E-state index contributed by atoms with van der Waals surface area (Å²) in [6.45, 7) is 3.54. The van der Waals surface area contributed by atoms with Gasteiger partial charge < -0.3 is 15.2 Å². The van der Waals surface area contributed by atoms with Crippen LogP contribution in [0.4, 0.5) is 20.3 Å². The van der Waals surface area contributed by atoms with Crippen molar-refractivity contribution in [3.63, 3.8) is 0 Å². The lowest BCUT2D eigenvalue weighted by Gasteiger charge is -2.40. The van der Waals surface area contributed by atoms with Gasteiger partial charge in [0.25, 0.3) is 11.8 Å². The van der Waals surface area contributed by atoms with Gasteiger partial charge in [0.2, 0.25) is 5.91 Å². The van der Waals surface area contributed by atoms with Crippen molar-refractivity contribution in [1.29, 1.82) is 0 Å². The molecule has 0 saturated carbocycles. The third-order valence-corrected chi connectivity index (χ3v) is 7.09. The normalized spacial score (nSPS) is 19.1. The van der Waals surface area contributed by atoms with Crippen molar-refractivity contribution >= 4 is 23.3 Å². The number of aromatic nitrogens is 2. The maximum Gasteiger partial charge on any atom is 0.286 e. The number of aryl methyl sites for hydroxylation is 1. The van der Waals surface area contributed by atoms with E-state index in [4.69, 9.17) is 4.74 Å². The number of aliphatic hydroxyl groups is 1. The zero-order valence-corrected chi connectivity index (χ0v) is 21.1. The summed E-state index contributed by atoms with van der Waals surface area (Å²) in [7, 11) is 0. The third kappa shape index (κ3) is 4.89. The van der Waals surface area contributed by atoms with Gasteiger partial charge in [-0.1, -0.05) is 6.07 Å². The zero-order chi connectivity index (χ0) is 27.0. The summed E-state index contributed by atoms with van der Waals surface area (Å²) < 4.78 is 32.9. The molecule has 2 aliphatic heterocycles. The molecular formula is C28H28F2N4O4. The molecule has 1 saturated heterocycles. The number of halogens is 2. The van der Waals surface area contributed by atoms with Gasteiger partial charge in [0, 0.05) is 48.7 Å². The molecule has 2 atom stereocenters. The number of amides is 2. The fourth-order valence-corrected chi connectivity index (χ4v) is 5.12. The number of nitrogens with zero attached hydrogens (tertiary/aromatic N) is 3. The largest absolute Gasteiger partial charge is 0.395 e. The van der Waals surface area contributed by atoms with Gasteiger partial charge >= 0.3 is 0 Å². The van der Waals surface area contributed by atoms with E-state index in [1.807, 2.05) is 25.1 Å². The number of hydrogen-bond donors (Lipinski definition) is 2. The molecule has 0 unspecified atom stereocenters. The summed E-state index contributed by atoms with van der Waals surface area (Å²) in [6, 6.07) is 9.91. The van der Waals surface area contributed by atoms with E-state index in [1.54, 1.807) is 12.3 Å². The molecule has 38 heavy (non-hydrogen) atoms. The maximum absolute atomic E-state index is 13.7. The Kier molecular flexibility index (Phi) is 6.93. The van der Waals surface area contributed by atoms with Crippen LogP contribution < -0.4 is 10.2 Å². The van der Waals surface area contributed by atoms with Crippen LogP contribution in [-0.4, -0.2) is 53.3 Å². The predicted octanol–water partition coefficient (Wildman–Crippen LogP) is 4.28. The van der Waals surface area contributed by atoms with Crippen LogP contribution >= 0.6 is 0 Å². The van der Waals surface area contributed by atoms with Crippen LogP contribution in [0.25, 0.3) is 11.1 Å². The van der Waals surface area contributed by atoms with Gasteiger partial charge in [0.1, 0.15) is 11.5 Å². The van der Waals surface area contributed by atoms with Crippen molar-refractivity contribution in [3.8, 4) is 11.1 Å². The number of β-amino-alcohol motifs (C(OH)–C–C–N with tert-alkyl or cyclic N) is 1. The lowest BCUT2D eigenvalue weighted by molar-refractivity contribution is -0.128. The molecule has 5 rings (SSSR count). The van der Waals surface area contributed by atoms with Crippen molar-refractivity contribution in [1.82, 2.24) is 9.97 Å². The minimum atomic E-state index is -3.16. The first-order valence-electron chi connectivity index (χ1n) is 12.4. The Balaban J connectivity index is 1.47.